The van der Waals surface area contributed by atoms with Gasteiger partial charge in [-0.15, -0.1) is 0 Å². The van der Waals surface area contributed by atoms with E-state index in [9.17, 15) is 14.4 Å². The molecule has 6 nitrogen and oxygen atoms in total. The van der Waals surface area contributed by atoms with Gasteiger partial charge in [-0.3, -0.25) is 14.4 Å². The fourth-order valence-electron chi connectivity index (χ4n) is 9.62. The van der Waals surface area contributed by atoms with Gasteiger partial charge in [0.2, 0.25) is 0 Å². The van der Waals surface area contributed by atoms with Crippen molar-refractivity contribution in [3.05, 3.63) is 60.8 Å². The SMILES string of the molecule is CC/C=C\C/C=C\C/C=C\C/C=C\CCCCCCCCCCCCC(=O)OC(COC(=O)CCCCCCC/C=C\CCC)COC(=O)CCCCCCCCCCCCCCCCCCCCCCCCCC. The lowest BCUT2D eigenvalue weighted by atomic mass is 10.0. The van der Waals surface area contributed by atoms with E-state index in [2.05, 4.69) is 81.5 Å². The molecule has 0 saturated carbocycles. The summed E-state index contributed by atoms with van der Waals surface area (Å²) in [6.07, 6.45) is 81.0. The lowest BCUT2D eigenvalue weighted by Gasteiger charge is -2.18. The Labute approximate surface area is 466 Å². The van der Waals surface area contributed by atoms with Crippen molar-refractivity contribution in [2.75, 3.05) is 13.2 Å². The Bertz CT molecular complexity index is 1340. The average Bonchev–Trinajstić information content (AvgIpc) is 3.41. The minimum Gasteiger partial charge on any atom is -0.462 e. The fraction of sp³-hybridized carbons (Fsp3) is 0.812. The molecule has 6 heteroatoms. The highest BCUT2D eigenvalue weighted by Gasteiger charge is 2.19. The summed E-state index contributed by atoms with van der Waals surface area (Å²) < 4.78 is 16.9. The molecule has 0 aliphatic heterocycles. The predicted octanol–water partition coefficient (Wildman–Crippen LogP) is 22.3. The maximum Gasteiger partial charge on any atom is 0.306 e. The van der Waals surface area contributed by atoms with Crippen molar-refractivity contribution in [1.82, 2.24) is 0 Å². The molecule has 0 aliphatic carbocycles. The first-order valence-electron chi connectivity index (χ1n) is 32.8. The van der Waals surface area contributed by atoms with Crippen LogP contribution in [0.1, 0.15) is 342 Å². The van der Waals surface area contributed by atoms with Crippen molar-refractivity contribution < 1.29 is 28.6 Å². The van der Waals surface area contributed by atoms with Gasteiger partial charge in [0, 0.05) is 19.3 Å². The van der Waals surface area contributed by atoms with Crippen LogP contribution in [-0.4, -0.2) is 37.2 Å². The summed E-state index contributed by atoms with van der Waals surface area (Å²) in [5.74, 6) is -0.872. The van der Waals surface area contributed by atoms with Crippen LogP contribution in [0.15, 0.2) is 60.8 Å². The van der Waals surface area contributed by atoms with E-state index in [1.807, 2.05) is 0 Å². The number of allylic oxidation sites excluding steroid dienone is 10. The number of unbranched alkanes of at least 4 members (excludes halogenated alkanes) is 39. The molecule has 0 aromatic rings. The molecule has 0 saturated heterocycles. The minimum atomic E-state index is -0.778. The standard InChI is InChI=1S/C69H124O6/c1-4-7-10-13-16-19-22-24-26-28-30-32-34-36-37-39-41-43-45-47-50-53-56-59-62-68(71)74-65-66(64-73-67(70)61-58-55-52-49-21-18-15-12-9-6-3)75-69(72)63-60-57-54-51-48-46-44-42-40-38-35-33-31-29-27-25-23-20-17-14-11-8-5-2/h8,11-12,15,17,20,25,27,31,33,66H,4-7,9-10,13-14,16,18-19,21-24,26,28-30,32,34-65H2,1-3H3/b11-8-,15-12-,20-17-,27-25-,33-31-. The third-order valence-electron chi connectivity index (χ3n) is 14.5. The van der Waals surface area contributed by atoms with E-state index in [1.165, 1.54) is 205 Å². The molecule has 1 atom stereocenters. The molecule has 0 fully saturated rings. The molecule has 0 heterocycles. The first kappa shape index (κ1) is 72.1. The van der Waals surface area contributed by atoms with Crippen LogP contribution >= 0.6 is 0 Å². The van der Waals surface area contributed by atoms with E-state index in [1.54, 1.807) is 0 Å². The van der Waals surface area contributed by atoms with E-state index in [0.29, 0.717) is 19.3 Å². The summed E-state index contributed by atoms with van der Waals surface area (Å²) in [7, 11) is 0. The van der Waals surface area contributed by atoms with Crippen LogP contribution in [-0.2, 0) is 28.6 Å². The third kappa shape index (κ3) is 61.8. The van der Waals surface area contributed by atoms with Gasteiger partial charge in [-0.1, -0.05) is 306 Å². The van der Waals surface area contributed by atoms with Crippen LogP contribution in [0.3, 0.4) is 0 Å². The summed E-state index contributed by atoms with van der Waals surface area (Å²) in [5, 5.41) is 0. The summed E-state index contributed by atoms with van der Waals surface area (Å²) in [4.78, 5) is 38.2. The van der Waals surface area contributed by atoms with Gasteiger partial charge in [-0.2, -0.15) is 0 Å². The number of ether oxygens (including phenoxy) is 3. The molecule has 0 N–H and O–H groups in total. The number of hydrogen-bond acceptors (Lipinski definition) is 6. The fourth-order valence-corrected chi connectivity index (χ4v) is 9.62. The van der Waals surface area contributed by atoms with Gasteiger partial charge in [0.1, 0.15) is 13.2 Å². The second-order valence-electron chi connectivity index (χ2n) is 22.0. The Hall–Kier alpha value is -2.89. The van der Waals surface area contributed by atoms with Crippen LogP contribution in [0.2, 0.25) is 0 Å². The van der Waals surface area contributed by atoms with E-state index in [0.717, 1.165) is 96.3 Å². The van der Waals surface area contributed by atoms with Crippen molar-refractivity contribution in [3.8, 4) is 0 Å². The van der Waals surface area contributed by atoms with Gasteiger partial charge < -0.3 is 14.2 Å². The third-order valence-corrected chi connectivity index (χ3v) is 14.5. The monoisotopic (exact) mass is 1050 g/mol. The molecule has 0 amide bonds. The molecule has 0 spiro atoms. The van der Waals surface area contributed by atoms with Crippen molar-refractivity contribution in [3.63, 3.8) is 0 Å². The van der Waals surface area contributed by atoms with Crippen LogP contribution in [0.5, 0.6) is 0 Å². The van der Waals surface area contributed by atoms with E-state index < -0.39 is 6.10 Å². The Morgan fingerprint density at radius 1 is 0.280 bits per heavy atom. The second kappa shape index (κ2) is 63.6. The van der Waals surface area contributed by atoms with Gasteiger partial charge in [-0.05, 0) is 77.0 Å². The van der Waals surface area contributed by atoms with Crippen LogP contribution in [0.25, 0.3) is 0 Å². The molecular weight excluding hydrogens is 925 g/mol. The number of esters is 3. The molecule has 0 aliphatic rings. The molecule has 0 bridgehead atoms. The van der Waals surface area contributed by atoms with Gasteiger partial charge in [0.05, 0.1) is 0 Å². The molecule has 436 valence electrons. The Kier molecular flexibility index (Phi) is 61.2. The average molecular weight is 1050 g/mol. The zero-order valence-corrected chi connectivity index (χ0v) is 50.1. The summed E-state index contributed by atoms with van der Waals surface area (Å²) in [6, 6.07) is 0. The molecule has 0 radical (unpaired) electrons. The Balaban J connectivity index is 4.20. The number of carbonyl (C=O) groups is 3. The van der Waals surface area contributed by atoms with Crippen molar-refractivity contribution in [1.29, 1.82) is 0 Å². The summed E-state index contributed by atoms with van der Waals surface area (Å²) >= 11 is 0. The maximum absolute atomic E-state index is 12.9. The summed E-state index contributed by atoms with van der Waals surface area (Å²) in [5.41, 5.74) is 0. The lowest BCUT2D eigenvalue weighted by molar-refractivity contribution is -0.167. The van der Waals surface area contributed by atoms with E-state index >= 15 is 0 Å². The molecule has 0 rings (SSSR count). The summed E-state index contributed by atoms with van der Waals surface area (Å²) in [6.45, 7) is 6.51. The van der Waals surface area contributed by atoms with Crippen LogP contribution in [0, 0.1) is 0 Å². The Morgan fingerprint density at radius 3 is 0.880 bits per heavy atom. The van der Waals surface area contributed by atoms with Gasteiger partial charge in [0.15, 0.2) is 6.10 Å². The number of hydrogen-bond donors (Lipinski definition) is 0. The zero-order chi connectivity index (χ0) is 54.3. The number of carbonyl (C=O) groups excluding carboxylic acids is 3. The quantitative estimate of drug-likeness (QED) is 0.0261. The van der Waals surface area contributed by atoms with Crippen LogP contribution in [0.4, 0.5) is 0 Å². The molecule has 0 aromatic carbocycles. The largest absolute Gasteiger partial charge is 0.462 e. The van der Waals surface area contributed by atoms with Gasteiger partial charge >= 0.3 is 17.9 Å². The van der Waals surface area contributed by atoms with E-state index in [-0.39, 0.29) is 31.1 Å². The smallest absolute Gasteiger partial charge is 0.306 e. The maximum atomic E-state index is 12.9. The van der Waals surface area contributed by atoms with Crippen LogP contribution < -0.4 is 0 Å². The topological polar surface area (TPSA) is 78.9 Å². The highest BCUT2D eigenvalue weighted by molar-refractivity contribution is 5.71. The normalized spacial score (nSPS) is 12.4. The Morgan fingerprint density at radius 2 is 0.547 bits per heavy atom. The van der Waals surface area contributed by atoms with Crippen molar-refractivity contribution in [2.24, 2.45) is 0 Å². The molecule has 1 unspecified atom stereocenters. The predicted molar refractivity (Wildman–Crippen MR) is 325 cm³/mol. The van der Waals surface area contributed by atoms with Crippen molar-refractivity contribution >= 4 is 17.9 Å². The molecule has 0 aromatic heterocycles. The van der Waals surface area contributed by atoms with E-state index in [4.69, 9.17) is 14.2 Å². The molecular formula is C69H124O6. The highest BCUT2D eigenvalue weighted by atomic mass is 16.6. The minimum absolute atomic E-state index is 0.0750. The second-order valence-corrected chi connectivity index (χ2v) is 22.0. The lowest BCUT2D eigenvalue weighted by Crippen LogP contribution is -2.30. The van der Waals surface area contributed by atoms with Gasteiger partial charge in [0.25, 0.3) is 0 Å². The molecule has 75 heavy (non-hydrogen) atoms. The highest BCUT2D eigenvalue weighted by Crippen LogP contribution is 2.18. The van der Waals surface area contributed by atoms with Gasteiger partial charge in [-0.25, -0.2) is 0 Å². The van der Waals surface area contributed by atoms with Crippen molar-refractivity contribution in [2.45, 2.75) is 348 Å². The first-order valence-corrected chi connectivity index (χ1v) is 32.8. The zero-order valence-electron chi connectivity index (χ0n) is 50.1. The number of rotatable bonds is 60. The first-order chi connectivity index (χ1) is 37.0.